The molecule has 0 unspecified atom stereocenters. The van der Waals surface area contributed by atoms with Crippen molar-refractivity contribution in [1.29, 1.82) is 0 Å². The smallest absolute Gasteiger partial charge is 0.323 e. The van der Waals surface area contributed by atoms with Gasteiger partial charge in [-0.3, -0.25) is 9.59 Å². The Balaban J connectivity index is 2.69. The monoisotopic (exact) mass is 271 g/mol. The van der Waals surface area contributed by atoms with Gasteiger partial charge < -0.3 is 20.2 Å². The van der Waals surface area contributed by atoms with Crippen LogP contribution in [0.1, 0.15) is 25.7 Å². The van der Waals surface area contributed by atoms with Crippen LogP contribution in [-0.4, -0.2) is 66.0 Å². The highest BCUT2D eigenvalue weighted by Crippen LogP contribution is 2.24. The van der Waals surface area contributed by atoms with Crippen molar-refractivity contribution in [2.24, 2.45) is 0 Å². The fraction of sp³-hybridized carbons (Fsp3) is 0.750. The molecule has 1 aliphatic rings. The van der Waals surface area contributed by atoms with Crippen LogP contribution in [0.25, 0.3) is 0 Å². The molecule has 1 saturated carbocycles. The first kappa shape index (κ1) is 15.3. The van der Waals surface area contributed by atoms with Crippen molar-refractivity contribution < 1.29 is 19.5 Å². The van der Waals surface area contributed by atoms with Crippen molar-refractivity contribution in [1.82, 2.24) is 15.1 Å². The number of rotatable bonds is 5. The second-order valence-corrected chi connectivity index (χ2v) is 4.77. The fourth-order valence-corrected chi connectivity index (χ4v) is 2.30. The molecule has 19 heavy (non-hydrogen) atoms. The summed E-state index contributed by atoms with van der Waals surface area (Å²) in [6, 6.07) is -0.436. The number of carbonyl (C=O) groups is 3. The van der Waals surface area contributed by atoms with Gasteiger partial charge in [0.2, 0.25) is 5.91 Å². The van der Waals surface area contributed by atoms with E-state index in [4.69, 9.17) is 5.11 Å². The Kier molecular flexibility index (Phi) is 5.59. The molecule has 0 saturated heterocycles. The van der Waals surface area contributed by atoms with E-state index in [0.29, 0.717) is 0 Å². The Morgan fingerprint density at radius 3 is 2.26 bits per heavy atom. The zero-order chi connectivity index (χ0) is 14.4. The number of amides is 3. The Hall–Kier alpha value is -1.79. The predicted molar refractivity (Wildman–Crippen MR) is 68.7 cm³/mol. The third-order valence-corrected chi connectivity index (χ3v) is 3.30. The number of hydrogen-bond donors (Lipinski definition) is 2. The number of hydrogen-bond acceptors (Lipinski definition) is 3. The van der Waals surface area contributed by atoms with Gasteiger partial charge in [-0.25, -0.2) is 4.79 Å². The summed E-state index contributed by atoms with van der Waals surface area (Å²) >= 11 is 0. The Morgan fingerprint density at radius 2 is 1.79 bits per heavy atom. The van der Waals surface area contributed by atoms with Crippen LogP contribution < -0.4 is 5.32 Å². The van der Waals surface area contributed by atoms with E-state index in [-0.39, 0.29) is 25.0 Å². The second-order valence-electron chi connectivity index (χ2n) is 4.77. The number of carbonyl (C=O) groups excluding carboxylic acids is 2. The van der Waals surface area contributed by atoms with Crippen molar-refractivity contribution in [3.8, 4) is 0 Å². The maximum absolute atomic E-state index is 12.2. The molecule has 0 aromatic carbocycles. The molecular weight excluding hydrogens is 250 g/mol. The zero-order valence-electron chi connectivity index (χ0n) is 11.4. The summed E-state index contributed by atoms with van der Waals surface area (Å²) in [5, 5.41) is 11.3. The minimum Gasteiger partial charge on any atom is -0.480 e. The average Bonchev–Trinajstić information content (AvgIpc) is 2.88. The number of carboxylic acids is 1. The van der Waals surface area contributed by atoms with Gasteiger partial charge in [-0.05, 0) is 12.8 Å². The summed E-state index contributed by atoms with van der Waals surface area (Å²) in [4.78, 5) is 37.0. The van der Waals surface area contributed by atoms with Crippen LogP contribution in [0.4, 0.5) is 4.79 Å². The molecule has 1 aliphatic carbocycles. The fourth-order valence-electron chi connectivity index (χ4n) is 2.30. The van der Waals surface area contributed by atoms with E-state index in [1.165, 1.54) is 23.9 Å². The first-order valence-electron chi connectivity index (χ1n) is 6.39. The topological polar surface area (TPSA) is 90.0 Å². The molecule has 0 atom stereocenters. The van der Waals surface area contributed by atoms with Gasteiger partial charge in [0.1, 0.15) is 13.1 Å². The van der Waals surface area contributed by atoms with Gasteiger partial charge in [0.15, 0.2) is 0 Å². The third kappa shape index (κ3) is 4.42. The predicted octanol–water partition coefficient (Wildman–Crippen LogP) is 0.113. The highest BCUT2D eigenvalue weighted by Gasteiger charge is 2.30. The van der Waals surface area contributed by atoms with Gasteiger partial charge in [-0.15, -0.1) is 0 Å². The standard InChI is InChI=1S/C12H21N3O4/c1-13-10(16)7-14(2)12(19)15(8-11(17)18)9-5-3-4-6-9/h9H,3-8H2,1-2H3,(H,13,16)(H,17,18). The Labute approximate surface area is 112 Å². The molecule has 0 radical (unpaired) electrons. The van der Waals surface area contributed by atoms with E-state index < -0.39 is 12.0 Å². The zero-order valence-corrected chi connectivity index (χ0v) is 11.4. The maximum Gasteiger partial charge on any atom is 0.323 e. The Morgan fingerprint density at radius 1 is 1.21 bits per heavy atom. The summed E-state index contributed by atoms with van der Waals surface area (Å²) < 4.78 is 0. The minimum absolute atomic E-state index is 0.0317. The summed E-state index contributed by atoms with van der Waals surface area (Å²) in [5.41, 5.74) is 0. The molecule has 0 aromatic rings. The van der Waals surface area contributed by atoms with E-state index in [0.717, 1.165) is 25.7 Å². The van der Waals surface area contributed by atoms with E-state index in [1.807, 2.05) is 0 Å². The van der Waals surface area contributed by atoms with Gasteiger partial charge >= 0.3 is 12.0 Å². The molecule has 0 heterocycles. The highest BCUT2D eigenvalue weighted by atomic mass is 16.4. The minimum atomic E-state index is -1.03. The molecule has 2 N–H and O–H groups in total. The van der Waals surface area contributed by atoms with Crippen molar-refractivity contribution in [3.63, 3.8) is 0 Å². The molecule has 3 amide bonds. The lowest BCUT2D eigenvalue weighted by atomic mass is 10.2. The second kappa shape index (κ2) is 6.96. The van der Waals surface area contributed by atoms with Crippen molar-refractivity contribution in [3.05, 3.63) is 0 Å². The molecular formula is C12H21N3O4. The van der Waals surface area contributed by atoms with Crippen molar-refractivity contribution in [2.75, 3.05) is 27.2 Å². The lowest BCUT2D eigenvalue weighted by Gasteiger charge is -2.31. The molecule has 1 fully saturated rings. The van der Waals surface area contributed by atoms with Crippen LogP contribution >= 0.6 is 0 Å². The van der Waals surface area contributed by atoms with Crippen LogP contribution in [-0.2, 0) is 9.59 Å². The Bertz CT molecular complexity index is 353. The van der Waals surface area contributed by atoms with E-state index in [1.54, 1.807) is 0 Å². The summed E-state index contributed by atoms with van der Waals surface area (Å²) in [6.45, 7) is -0.389. The lowest BCUT2D eigenvalue weighted by Crippen LogP contribution is -2.50. The summed E-state index contributed by atoms with van der Waals surface area (Å²) in [5.74, 6) is -1.31. The van der Waals surface area contributed by atoms with E-state index in [9.17, 15) is 14.4 Å². The van der Waals surface area contributed by atoms with Gasteiger partial charge in [-0.1, -0.05) is 12.8 Å². The summed E-state index contributed by atoms with van der Waals surface area (Å²) in [6.07, 6.45) is 3.67. The molecule has 0 aliphatic heterocycles. The van der Waals surface area contributed by atoms with E-state index in [2.05, 4.69) is 5.32 Å². The first-order chi connectivity index (χ1) is 8.95. The van der Waals surface area contributed by atoms with Crippen LogP contribution in [0.2, 0.25) is 0 Å². The molecule has 1 rings (SSSR count). The SMILES string of the molecule is CNC(=O)CN(C)C(=O)N(CC(=O)O)C1CCCC1. The first-order valence-corrected chi connectivity index (χ1v) is 6.39. The molecule has 108 valence electrons. The molecule has 0 spiro atoms. The van der Waals surface area contributed by atoms with Gasteiger partial charge in [0, 0.05) is 20.1 Å². The van der Waals surface area contributed by atoms with Crippen LogP contribution in [0.3, 0.4) is 0 Å². The maximum atomic E-state index is 12.2. The van der Waals surface area contributed by atoms with Crippen LogP contribution in [0.15, 0.2) is 0 Å². The lowest BCUT2D eigenvalue weighted by molar-refractivity contribution is -0.138. The number of carboxylic acid groups (broad SMARTS) is 1. The number of likely N-dealkylation sites (N-methyl/N-ethyl adjacent to an activating group) is 2. The molecule has 7 nitrogen and oxygen atoms in total. The number of urea groups is 1. The number of nitrogens with one attached hydrogen (secondary N) is 1. The van der Waals surface area contributed by atoms with Crippen LogP contribution in [0.5, 0.6) is 0 Å². The van der Waals surface area contributed by atoms with E-state index >= 15 is 0 Å². The van der Waals surface area contributed by atoms with Gasteiger partial charge in [0.05, 0.1) is 0 Å². The van der Waals surface area contributed by atoms with Crippen LogP contribution in [0, 0.1) is 0 Å². The average molecular weight is 271 g/mol. The number of nitrogens with zero attached hydrogens (tertiary/aromatic N) is 2. The molecule has 0 bridgehead atoms. The molecule has 0 aromatic heterocycles. The van der Waals surface area contributed by atoms with Crippen molar-refractivity contribution in [2.45, 2.75) is 31.7 Å². The number of aliphatic carboxylic acids is 1. The summed E-state index contributed by atoms with van der Waals surface area (Å²) in [7, 11) is 2.99. The molecule has 7 heteroatoms. The van der Waals surface area contributed by atoms with Gasteiger partial charge in [0.25, 0.3) is 0 Å². The van der Waals surface area contributed by atoms with Crippen molar-refractivity contribution >= 4 is 17.9 Å². The third-order valence-electron chi connectivity index (χ3n) is 3.30. The normalized spacial score (nSPS) is 15.1. The largest absolute Gasteiger partial charge is 0.480 e. The van der Waals surface area contributed by atoms with Gasteiger partial charge in [-0.2, -0.15) is 0 Å². The highest BCUT2D eigenvalue weighted by molar-refractivity contribution is 5.85. The quantitative estimate of drug-likeness (QED) is 0.743.